The molecule has 6 rings (SSSR count). The number of ether oxygens (including phenoxy) is 1. The molecule has 0 fully saturated rings. The lowest BCUT2D eigenvalue weighted by Gasteiger charge is -2.17. The highest BCUT2D eigenvalue weighted by Crippen LogP contribution is 2.38. The fourth-order valence-corrected chi connectivity index (χ4v) is 5.85. The molecule has 1 amide bonds. The van der Waals surface area contributed by atoms with Crippen molar-refractivity contribution in [2.24, 2.45) is 0 Å². The summed E-state index contributed by atoms with van der Waals surface area (Å²) in [5.41, 5.74) is 2.78. The number of aromatic nitrogens is 3. The number of anilines is 1. The first-order valence-corrected chi connectivity index (χ1v) is 14.1. The molecule has 0 bridgehead atoms. The second-order valence-electron chi connectivity index (χ2n) is 9.15. The Hall–Kier alpha value is -3.89. The molecule has 1 aliphatic heterocycles. The van der Waals surface area contributed by atoms with E-state index in [1.165, 1.54) is 16.6 Å². The van der Waals surface area contributed by atoms with Gasteiger partial charge in [0.1, 0.15) is 16.1 Å². The third kappa shape index (κ3) is 4.74. The van der Waals surface area contributed by atoms with Crippen molar-refractivity contribution in [1.29, 1.82) is 0 Å². The third-order valence-electron chi connectivity index (χ3n) is 6.50. The zero-order valence-corrected chi connectivity index (χ0v) is 23.3. The lowest BCUT2D eigenvalue weighted by Crippen LogP contribution is -2.32. The average molecular weight is 605 g/mol. The van der Waals surface area contributed by atoms with Crippen LogP contribution in [0.1, 0.15) is 30.9 Å². The molecular weight excluding hydrogens is 583 g/mol. The van der Waals surface area contributed by atoms with Crippen LogP contribution in [0.15, 0.2) is 76.0 Å². The summed E-state index contributed by atoms with van der Waals surface area (Å²) in [6.45, 7) is 3.02. The van der Waals surface area contributed by atoms with E-state index in [9.17, 15) is 14.0 Å². The average Bonchev–Trinajstić information content (AvgIpc) is 3.56. The summed E-state index contributed by atoms with van der Waals surface area (Å²) in [5, 5.41) is 4.45. The molecule has 0 aliphatic carbocycles. The number of hydrogen-bond donors (Lipinski definition) is 0. The van der Waals surface area contributed by atoms with Crippen molar-refractivity contribution in [3.63, 3.8) is 0 Å². The standard InChI is InChI=1S/C29H22BrFN4O3S/c1-2-3-14-38-21-11-6-18(7-12-21)26-32-29-35(33-26)28(37)25(39-29)24-22-15-19(30)8-13-23(22)34(27(24)36)16-17-4-9-20(31)10-5-17/h4-13,15H,2-3,14,16H2,1H3/b25-24-. The predicted molar refractivity (Wildman–Crippen MR) is 152 cm³/mol. The minimum Gasteiger partial charge on any atom is -0.494 e. The monoisotopic (exact) mass is 604 g/mol. The fraction of sp³-hybridized carbons (Fsp3) is 0.172. The number of fused-ring (bicyclic) bond motifs is 2. The molecule has 0 saturated heterocycles. The van der Waals surface area contributed by atoms with Crippen LogP contribution in [0, 0.1) is 5.82 Å². The van der Waals surface area contributed by atoms with Gasteiger partial charge in [-0.25, -0.2) is 4.39 Å². The van der Waals surface area contributed by atoms with Gasteiger partial charge in [0.25, 0.3) is 11.5 Å². The Bertz CT molecular complexity index is 1820. The highest BCUT2D eigenvalue weighted by atomic mass is 79.9. The molecule has 3 aromatic carbocycles. The van der Waals surface area contributed by atoms with E-state index in [1.54, 1.807) is 17.0 Å². The second kappa shape index (κ2) is 10.3. The first kappa shape index (κ1) is 25.4. The number of halogens is 2. The van der Waals surface area contributed by atoms with Gasteiger partial charge in [0.05, 0.1) is 24.4 Å². The van der Waals surface area contributed by atoms with Crippen molar-refractivity contribution in [1.82, 2.24) is 14.6 Å². The lowest BCUT2D eigenvalue weighted by molar-refractivity contribution is -0.113. The van der Waals surface area contributed by atoms with Gasteiger partial charge in [-0.3, -0.25) is 9.59 Å². The van der Waals surface area contributed by atoms with E-state index in [0.29, 0.717) is 34.2 Å². The largest absolute Gasteiger partial charge is 0.494 e. The Morgan fingerprint density at radius 1 is 1.03 bits per heavy atom. The first-order valence-electron chi connectivity index (χ1n) is 12.5. The highest BCUT2D eigenvalue weighted by Gasteiger charge is 2.34. The maximum atomic E-state index is 13.7. The molecule has 3 heterocycles. The number of rotatable bonds is 7. The molecule has 0 N–H and O–H groups in total. The van der Waals surface area contributed by atoms with Crippen LogP contribution < -0.4 is 19.7 Å². The molecule has 0 spiro atoms. The van der Waals surface area contributed by atoms with Crippen molar-refractivity contribution < 1.29 is 13.9 Å². The maximum Gasteiger partial charge on any atom is 0.291 e. The SMILES string of the molecule is CCCCOc1ccc(-c2nc3s/c(=C4\C(=O)N(Cc5ccc(F)cc5)c5ccc(Br)cc54)c(=O)n3n2)cc1. The Balaban J connectivity index is 1.39. The number of carbonyl (C=O) groups is 1. The van der Waals surface area contributed by atoms with Gasteiger partial charge < -0.3 is 9.64 Å². The van der Waals surface area contributed by atoms with Gasteiger partial charge in [0, 0.05) is 15.6 Å². The Labute approximate surface area is 235 Å². The lowest BCUT2D eigenvalue weighted by atomic mass is 10.1. The summed E-state index contributed by atoms with van der Waals surface area (Å²) >= 11 is 4.62. The molecule has 1 aliphatic rings. The van der Waals surface area contributed by atoms with E-state index in [0.717, 1.165) is 45.5 Å². The van der Waals surface area contributed by atoms with Crippen LogP contribution in [0.4, 0.5) is 10.1 Å². The molecule has 5 aromatic rings. The highest BCUT2D eigenvalue weighted by molar-refractivity contribution is 9.10. The summed E-state index contributed by atoms with van der Waals surface area (Å²) in [6.07, 6.45) is 2.05. The number of carbonyl (C=O) groups excluding carboxylic acids is 1. The van der Waals surface area contributed by atoms with Crippen molar-refractivity contribution in [3.8, 4) is 17.1 Å². The molecule has 0 radical (unpaired) electrons. The predicted octanol–water partition coefficient (Wildman–Crippen LogP) is 5.36. The molecule has 39 heavy (non-hydrogen) atoms. The van der Waals surface area contributed by atoms with E-state index in [4.69, 9.17) is 4.74 Å². The van der Waals surface area contributed by atoms with Crippen LogP contribution in [0.5, 0.6) is 5.75 Å². The number of benzene rings is 3. The number of hydrogen-bond acceptors (Lipinski definition) is 6. The van der Waals surface area contributed by atoms with E-state index in [1.807, 2.05) is 42.5 Å². The summed E-state index contributed by atoms with van der Waals surface area (Å²) in [4.78, 5) is 33.8. The Kier molecular flexibility index (Phi) is 6.74. The molecule has 7 nitrogen and oxygen atoms in total. The fourth-order valence-electron chi connectivity index (χ4n) is 4.49. The number of nitrogens with zero attached hydrogens (tertiary/aromatic N) is 4. The number of thiazole rings is 1. The number of unbranched alkanes of at least 4 members (excludes halogenated alkanes) is 1. The quantitative estimate of drug-likeness (QED) is 0.234. The molecule has 10 heteroatoms. The topological polar surface area (TPSA) is 76.8 Å². The molecule has 0 atom stereocenters. The van der Waals surface area contributed by atoms with E-state index >= 15 is 0 Å². The smallest absolute Gasteiger partial charge is 0.291 e. The third-order valence-corrected chi connectivity index (χ3v) is 8.02. The molecule has 2 aromatic heterocycles. The molecule has 0 saturated carbocycles. The Morgan fingerprint density at radius 3 is 2.51 bits per heavy atom. The van der Waals surface area contributed by atoms with Gasteiger partial charge in [-0.1, -0.05) is 52.7 Å². The van der Waals surface area contributed by atoms with E-state index in [-0.39, 0.29) is 22.8 Å². The molecular formula is C29H22BrFN4O3S. The van der Waals surface area contributed by atoms with Gasteiger partial charge in [-0.05, 0) is 66.6 Å². The van der Waals surface area contributed by atoms with Crippen molar-refractivity contribution in [3.05, 3.63) is 103 Å². The zero-order valence-electron chi connectivity index (χ0n) is 20.9. The summed E-state index contributed by atoms with van der Waals surface area (Å²) < 4.78 is 21.5. The minimum absolute atomic E-state index is 0.245. The van der Waals surface area contributed by atoms with Crippen LogP contribution in [0.2, 0.25) is 0 Å². The van der Waals surface area contributed by atoms with Crippen LogP contribution in [-0.2, 0) is 11.3 Å². The van der Waals surface area contributed by atoms with Crippen LogP contribution >= 0.6 is 27.3 Å². The minimum atomic E-state index is -0.397. The van der Waals surface area contributed by atoms with Crippen LogP contribution in [0.3, 0.4) is 0 Å². The normalized spacial score (nSPS) is 14.3. The number of amides is 1. The van der Waals surface area contributed by atoms with Gasteiger partial charge in [-0.2, -0.15) is 9.50 Å². The molecule has 196 valence electrons. The first-order chi connectivity index (χ1) is 18.9. The van der Waals surface area contributed by atoms with E-state index < -0.39 is 5.56 Å². The van der Waals surface area contributed by atoms with Crippen molar-refractivity contribution >= 4 is 49.4 Å². The summed E-state index contributed by atoms with van der Waals surface area (Å²) in [6, 6.07) is 19.0. The summed E-state index contributed by atoms with van der Waals surface area (Å²) in [7, 11) is 0. The Morgan fingerprint density at radius 2 is 1.79 bits per heavy atom. The van der Waals surface area contributed by atoms with Gasteiger partial charge in [0.2, 0.25) is 4.96 Å². The zero-order chi connectivity index (χ0) is 27.1. The summed E-state index contributed by atoms with van der Waals surface area (Å²) in [5.74, 6) is 0.553. The van der Waals surface area contributed by atoms with E-state index in [2.05, 4.69) is 32.9 Å². The second-order valence-corrected chi connectivity index (χ2v) is 11.0. The van der Waals surface area contributed by atoms with Crippen LogP contribution in [-0.4, -0.2) is 27.1 Å². The van der Waals surface area contributed by atoms with Gasteiger partial charge in [-0.15, -0.1) is 5.10 Å². The van der Waals surface area contributed by atoms with Gasteiger partial charge >= 0.3 is 0 Å². The van der Waals surface area contributed by atoms with Gasteiger partial charge in [0.15, 0.2) is 5.82 Å². The van der Waals surface area contributed by atoms with Crippen molar-refractivity contribution in [2.75, 3.05) is 11.5 Å². The van der Waals surface area contributed by atoms with Crippen LogP contribution in [0.25, 0.3) is 21.9 Å². The molecule has 0 unspecified atom stereocenters. The maximum absolute atomic E-state index is 13.7. The van der Waals surface area contributed by atoms with Crippen molar-refractivity contribution in [2.45, 2.75) is 26.3 Å².